The summed E-state index contributed by atoms with van der Waals surface area (Å²) < 4.78 is 10.8. The summed E-state index contributed by atoms with van der Waals surface area (Å²) in [6, 6.07) is 22.5. The number of fused-ring (bicyclic) bond motifs is 4. The van der Waals surface area contributed by atoms with Gasteiger partial charge in [0.05, 0.1) is 20.3 Å². The van der Waals surface area contributed by atoms with E-state index in [1.165, 1.54) is 0 Å². The van der Waals surface area contributed by atoms with E-state index < -0.39 is 12.1 Å². The van der Waals surface area contributed by atoms with E-state index in [0.29, 0.717) is 18.7 Å². The number of rotatable bonds is 5. The number of benzene rings is 3. The molecule has 7 nitrogen and oxygen atoms in total. The van der Waals surface area contributed by atoms with Crippen LogP contribution in [0.3, 0.4) is 0 Å². The van der Waals surface area contributed by atoms with Crippen LogP contribution in [0.1, 0.15) is 28.4 Å². The van der Waals surface area contributed by atoms with Crippen molar-refractivity contribution in [1.29, 1.82) is 0 Å². The van der Waals surface area contributed by atoms with Gasteiger partial charge in [0.15, 0.2) is 0 Å². The summed E-state index contributed by atoms with van der Waals surface area (Å²) in [5, 5.41) is 1.09. The predicted molar refractivity (Wildman–Crippen MR) is 136 cm³/mol. The molecule has 0 saturated carbocycles. The number of hydrogen-bond acceptors (Lipinski definition) is 4. The highest BCUT2D eigenvalue weighted by Gasteiger charge is 2.48. The molecule has 1 fully saturated rings. The van der Waals surface area contributed by atoms with Gasteiger partial charge in [0.25, 0.3) is 0 Å². The third kappa shape index (κ3) is 3.59. The van der Waals surface area contributed by atoms with E-state index >= 15 is 0 Å². The molecule has 2 amide bonds. The van der Waals surface area contributed by atoms with Gasteiger partial charge in [0.1, 0.15) is 24.1 Å². The molecular formula is C29H27N3O4. The number of H-pyrrole nitrogens is 1. The van der Waals surface area contributed by atoms with Gasteiger partial charge in [0, 0.05) is 29.6 Å². The molecular weight excluding hydrogens is 454 g/mol. The van der Waals surface area contributed by atoms with E-state index in [2.05, 4.69) is 11.1 Å². The number of hydrogen-bond donors (Lipinski definition) is 1. The molecule has 0 aliphatic carbocycles. The van der Waals surface area contributed by atoms with Crippen molar-refractivity contribution in [1.82, 2.24) is 14.8 Å². The number of piperazine rings is 1. The quantitative estimate of drug-likeness (QED) is 0.466. The Kier molecular flexibility index (Phi) is 5.40. The Hall–Kier alpha value is -4.26. The molecule has 2 aliphatic rings. The van der Waals surface area contributed by atoms with Crippen LogP contribution in [-0.2, 0) is 22.6 Å². The predicted octanol–water partition coefficient (Wildman–Crippen LogP) is 4.07. The number of methoxy groups -OCH3 is 2. The molecule has 4 aromatic rings. The average molecular weight is 482 g/mol. The Balaban J connectivity index is 1.44. The molecule has 182 valence electrons. The summed E-state index contributed by atoms with van der Waals surface area (Å²) >= 11 is 0. The molecule has 0 bridgehead atoms. The molecule has 36 heavy (non-hydrogen) atoms. The van der Waals surface area contributed by atoms with Gasteiger partial charge in [-0.1, -0.05) is 42.5 Å². The Morgan fingerprint density at radius 2 is 1.67 bits per heavy atom. The lowest BCUT2D eigenvalue weighted by Gasteiger charge is -2.47. The van der Waals surface area contributed by atoms with Gasteiger partial charge >= 0.3 is 0 Å². The van der Waals surface area contributed by atoms with Crippen molar-refractivity contribution in [2.75, 3.05) is 20.8 Å². The molecule has 7 heteroatoms. The smallest absolute Gasteiger partial charge is 0.246 e. The van der Waals surface area contributed by atoms with Crippen molar-refractivity contribution in [3.05, 3.63) is 95.2 Å². The van der Waals surface area contributed by atoms with Crippen LogP contribution < -0.4 is 9.47 Å². The summed E-state index contributed by atoms with van der Waals surface area (Å²) in [6.45, 7) is 0.388. The second-order valence-corrected chi connectivity index (χ2v) is 9.31. The number of carbonyl (C=O) groups excluding carboxylic acids is 2. The van der Waals surface area contributed by atoms with E-state index in [0.717, 1.165) is 39.0 Å². The highest BCUT2D eigenvalue weighted by atomic mass is 16.5. The minimum Gasteiger partial charge on any atom is -0.497 e. The molecule has 3 aromatic carbocycles. The zero-order valence-corrected chi connectivity index (χ0v) is 20.2. The highest BCUT2D eigenvalue weighted by molar-refractivity contribution is 5.97. The fourth-order valence-electron chi connectivity index (χ4n) is 5.61. The first-order chi connectivity index (χ1) is 17.6. The summed E-state index contributed by atoms with van der Waals surface area (Å²) in [5.74, 6) is 1.33. The Morgan fingerprint density at radius 3 is 2.47 bits per heavy atom. The van der Waals surface area contributed by atoms with E-state index in [4.69, 9.17) is 9.47 Å². The molecule has 6 rings (SSSR count). The van der Waals surface area contributed by atoms with Gasteiger partial charge < -0.3 is 24.3 Å². The van der Waals surface area contributed by atoms with Crippen molar-refractivity contribution < 1.29 is 19.1 Å². The molecule has 2 aliphatic heterocycles. The molecule has 2 unspecified atom stereocenters. The maximum atomic E-state index is 13.9. The number of aromatic amines is 1. The number of carbonyl (C=O) groups is 2. The van der Waals surface area contributed by atoms with Gasteiger partial charge in [-0.2, -0.15) is 0 Å². The van der Waals surface area contributed by atoms with Crippen LogP contribution in [0.2, 0.25) is 0 Å². The van der Waals surface area contributed by atoms with E-state index in [1.807, 2.05) is 66.7 Å². The minimum atomic E-state index is -0.584. The molecule has 2 atom stereocenters. The zero-order chi connectivity index (χ0) is 24.8. The standard InChI is InChI=1S/C29H27N3O4/c1-35-20-9-5-7-18(13-20)16-31-17-26(33)32-25(29(31)34)15-23-22-11-3-4-12-24(22)30-27(23)28(32)19-8-6-10-21(14-19)36-2/h3-14,25,28,30H,15-17H2,1-2H3. The molecule has 1 N–H and O–H groups in total. The van der Waals surface area contributed by atoms with Crippen LogP contribution in [-0.4, -0.2) is 53.4 Å². The van der Waals surface area contributed by atoms with Crippen LogP contribution >= 0.6 is 0 Å². The number of ether oxygens (including phenoxy) is 2. The average Bonchev–Trinajstić information content (AvgIpc) is 3.29. The van der Waals surface area contributed by atoms with Crippen LogP contribution in [0.15, 0.2) is 72.8 Å². The van der Waals surface area contributed by atoms with Gasteiger partial charge in [-0.15, -0.1) is 0 Å². The number of amides is 2. The lowest BCUT2D eigenvalue weighted by molar-refractivity contribution is -0.159. The Bertz CT molecular complexity index is 1480. The van der Waals surface area contributed by atoms with Crippen LogP contribution in [0, 0.1) is 0 Å². The van der Waals surface area contributed by atoms with Crippen LogP contribution in [0.25, 0.3) is 10.9 Å². The fourth-order valence-corrected chi connectivity index (χ4v) is 5.61. The van der Waals surface area contributed by atoms with Gasteiger partial charge in [0.2, 0.25) is 11.8 Å². The zero-order valence-electron chi connectivity index (χ0n) is 20.2. The third-order valence-electron chi connectivity index (χ3n) is 7.26. The largest absolute Gasteiger partial charge is 0.497 e. The third-order valence-corrected chi connectivity index (χ3v) is 7.26. The molecule has 1 saturated heterocycles. The van der Waals surface area contributed by atoms with Gasteiger partial charge in [-0.25, -0.2) is 0 Å². The summed E-state index contributed by atoms with van der Waals surface area (Å²) in [5.41, 5.74) is 4.89. The normalized spacial score (nSPS) is 19.3. The monoisotopic (exact) mass is 481 g/mol. The van der Waals surface area contributed by atoms with Crippen molar-refractivity contribution in [3.8, 4) is 11.5 Å². The van der Waals surface area contributed by atoms with Crippen molar-refractivity contribution in [3.63, 3.8) is 0 Å². The molecule has 1 aromatic heterocycles. The lowest BCUT2D eigenvalue weighted by Crippen LogP contribution is -2.62. The molecule has 0 radical (unpaired) electrons. The minimum absolute atomic E-state index is 0.0303. The molecule has 0 spiro atoms. The Morgan fingerprint density at radius 1 is 0.917 bits per heavy atom. The second-order valence-electron chi connectivity index (χ2n) is 9.31. The van der Waals surface area contributed by atoms with Gasteiger partial charge in [-0.05, 0) is 47.0 Å². The number of nitrogens with one attached hydrogen (secondary N) is 1. The van der Waals surface area contributed by atoms with Crippen LogP contribution in [0.5, 0.6) is 11.5 Å². The second kappa shape index (κ2) is 8.75. The summed E-state index contributed by atoms with van der Waals surface area (Å²) in [4.78, 5) is 34.6. The summed E-state index contributed by atoms with van der Waals surface area (Å²) in [6.07, 6.45) is 0.471. The number of para-hydroxylation sites is 1. The maximum absolute atomic E-state index is 13.9. The van der Waals surface area contributed by atoms with Crippen molar-refractivity contribution in [2.45, 2.75) is 25.0 Å². The SMILES string of the molecule is COc1cccc(CN2CC(=O)N3C(Cc4c([nH]c5ccccc45)C3c3cccc(OC)c3)C2=O)c1. The lowest BCUT2D eigenvalue weighted by atomic mass is 9.86. The fraction of sp³-hybridized carbons (Fsp3) is 0.241. The van der Waals surface area contributed by atoms with Gasteiger partial charge in [-0.3, -0.25) is 9.59 Å². The number of aromatic nitrogens is 1. The first-order valence-corrected chi connectivity index (χ1v) is 12.0. The molecule has 3 heterocycles. The Labute approximate surface area is 209 Å². The van der Waals surface area contributed by atoms with Crippen molar-refractivity contribution in [2.24, 2.45) is 0 Å². The van der Waals surface area contributed by atoms with E-state index in [-0.39, 0.29) is 18.4 Å². The first kappa shape index (κ1) is 22.2. The first-order valence-electron chi connectivity index (χ1n) is 12.0. The summed E-state index contributed by atoms with van der Waals surface area (Å²) in [7, 11) is 3.25. The topological polar surface area (TPSA) is 74.9 Å². The maximum Gasteiger partial charge on any atom is 0.246 e. The van der Waals surface area contributed by atoms with Crippen molar-refractivity contribution >= 4 is 22.7 Å². The van der Waals surface area contributed by atoms with E-state index in [1.54, 1.807) is 24.0 Å². The van der Waals surface area contributed by atoms with Crippen LogP contribution in [0.4, 0.5) is 0 Å². The number of nitrogens with zero attached hydrogens (tertiary/aromatic N) is 2. The van der Waals surface area contributed by atoms with E-state index in [9.17, 15) is 9.59 Å². The highest BCUT2D eigenvalue weighted by Crippen LogP contribution is 2.43.